The van der Waals surface area contributed by atoms with E-state index in [9.17, 15) is 5.11 Å². The van der Waals surface area contributed by atoms with Crippen molar-refractivity contribution in [1.82, 2.24) is 14.8 Å². The van der Waals surface area contributed by atoms with Gasteiger partial charge in [-0.3, -0.25) is 4.68 Å². The first-order chi connectivity index (χ1) is 8.11. The molecule has 0 spiro atoms. The van der Waals surface area contributed by atoms with Crippen LogP contribution >= 0.6 is 27.7 Å². The standard InChI is InChI=1S/C11H12BrN3OS/c1-7-9(6-16)11(15(2)14-7)17-10-4-3-8(12)5-13-10/h3-5,16H,6H2,1-2H3. The average Bonchev–Trinajstić information content (AvgIpc) is 2.57. The molecule has 17 heavy (non-hydrogen) atoms. The highest BCUT2D eigenvalue weighted by Gasteiger charge is 2.13. The molecule has 0 bridgehead atoms. The van der Waals surface area contributed by atoms with Gasteiger partial charge < -0.3 is 5.11 Å². The highest BCUT2D eigenvalue weighted by Crippen LogP contribution is 2.30. The smallest absolute Gasteiger partial charge is 0.106 e. The fourth-order valence-corrected chi connectivity index (χ4v) is 2.69. The normalized spacial score (nSPS) is 10.8. The van der Waals surface area contributed by atoms with Crippen LogP contribution in [0.5, 0.6) is 0 Å². The van der Waals surface area contributed by atoms with Gasteiger partial charge in [0, 0.05) is 23.3 Å². The highest BCUT2D eigenvalue weighted by atomic mass is 79.9. The van der Waals surface area contributed by atoms with Crippen molar-refractivity contribution in [3.8, 4) is 0 Å². The van der Waals surface area contributed by atoms with Gasteiger partial charge in [-0.2, -0.15) is 5.10 Å². The van der Waals surface area contributed by atoms with Crippen LogP contribution in [0.15, 0.2) is 32.9 Å². The number of aliphatic hydroxyl groups excluding tert-OH is 1. The van der Waals surface area contributed by atoms with E-state index in [2.05, 4.69) is 26.0 Å². The van der Waals surface area contributed by atoms with E-state index >= 15 is 0 Å². The molecule has 6 heteroatoms. The molecule has 0 aliphatic heterocycles. The van der Waals surface area contributed by atoms with E-state index in [0.717, 1.165) is 25.8 Å². The lowest BCUT2D eigenvalue weighted by Crippen LogP contribution is -1.94. The first kappa shape index (κ1) is 12.6. The van der Waals surface area contributed by atoms with Crippen LogP contribution in [0.3, 0.4) is 0 Å². The summed E-state index contributed by atoms with van der Waals surface area (Å²) >= 11 is 4.85. The second-order valence-corrected chi connectivity index (χ2v) is 5.49. The quantitative estimate of drug-likeness (QED) is 0.946. The molecule has 0 fully saturated rings. The SMILES string of the molecule is Cc1nn(C)c(Sc2ccc(Br)cn2)c1CO. The summed E-state index contributed by atoms with van der Waals surface area (Å²) in [6.45, 7) is 1.89. The van der Waals surface area contributed by atoms with Crippen LogP contribution in [0.1, 0.15) is 11.3 Å². The molecule has 1 N–H and O–H groups in total. The van der Waals surface area contributed by atoms with Crippen molar-refractivity contribution in [1.29, 1.82) is 0 Å². The van der Waals surface area contributed by atoms with E-state index in [0.29, 0.717) is 0 Å². The average molecular weight is 314 g/mol. The van der Waals surface area contributed by atoms with E-state index in [1.54, 1.807) is 10.9 Å². The van der Waals surface area contributed by atoms with Crippen molar-refractivity contribution in [2.24, 2.45) is 7.05 Å². The molecule has 0 saturated heterocycles. The summed E-state index contributed by atoms with van der Waals surface area (Å²) in [6, 6.07) is 3.87. The van der Waals surface area contributed by atoms with Crippen LogP contribution < -0.4 is 0 Å². The number of halogens is 1. The molecule has 4 nitrogen and oxygen atoms in total. The Balaban J connectivity index is 2.32. The lowest BCUT2D eigenvalue weighted by Gasteiger charge is -2.03. The maximum atomic E-state index is 9.34. The molecule has 0 aromatic carbocycles. The number of aryl methyl sites for hydroxylation is 2. The predicted octanol–water partition coefficient (Wildman–Crippen LogP) is 2.53. The van der Waals surface area contributed by atoms with E-state index in [1.165, 1.54) is 11.8 Å². The molecule has 0 amide bonds. The number of hydrogen-bond donors (Lipinski definition) is 1. The Bertz CT molecular complexity index is 524. The number of pyridine rings is 1. The Morgan fingerprint density at radius 3 is 2.82 bits per heavy atom. The van der Waals surface area contributed by atoms with Gasteiger partial charge in [0.05, 0.1) is 12.3 Å². The maximum absolute atomic E-state index is 9.34. The van der Waals surface area contributed by atoms with E-state index in [-0.39, 0.29) is 6.61 Å². The number of nitrogens with zero attached hydrogens (tertiary/aromatic N) is 3. The maximum Gasteiger partial charge on any atom is 0.106 e. The lowest BCUT2D eigenvalue weighted by molar-refractivity contribution is 0.277. The molecule has 0 aliphatic rings. The predicted molar refractivity (Wildman–Crippen MR) is 69.9 cm³/mol. The minimum atomic E-state index is -0.00145. The third kappa shape index (κ3) is 2.70. The fraction of sp³-hybridized carbons (Fsp3) is 0.273. The second-order valence-electron chi connectivity index (χ2n) is 3.57. The Morgan fingerprint density at radius 2 is 2.24 bits per heavy atom. The van der Waals surface area contributed by atoms with Gasteiger partial charge >= 0.3 is 0 Å². The molecule has 2 rings (SSSR count). The van der Waals surface area contributed by atoms with Crippen molar-refractivity contribution in [2.75, 3.05) is 0 Å². The van der Waals surface area contributed by atoms with E-state index in [4.69, 9.17) is 0 Å². The molecule has 0 unspecified atom stereocenters. The van der Waals surface area contributed by atoms with Crippen LogP contribution in [-0.2, 0) is 13.7 Å². The van der Waals surface area contributed by atoms with Crippen molar-refractivity contribution >= 4 is 27.7 Å². The first-order valence-electron chi connectivity index (χ1n) is 5.04. The number of rotatable bonds is 3. The molecule has 90 valence electrons. The largest absolute Gasteiger partial charge is 0.392 e. The van der Waals surface area contributed by atoms with E-state index in [1.807, 2.05) is 26.1 Å². The van der Waals surface area contributed by atoms with Crippen molar-refractivity contribution in [3.63, 3.8) is 0 Å². The molecule has 0 aliphatic carbocycles. The topological polar surface area (TPSA) is 50.9 Å². The third-order valence-electron chi connectivity index (χ3n) is 2.35. The summed E-state index contributed by atoms with van der Waals surface area (Å²) < 4.78 is 2.72. The molecule has 0 saturated carbocycles. The molecule has 2 aromatic heterocycles. The highest BCUT2D eigenvalue weighted by molar-refractivity contribution is 9.10. The summed E-state index contributed by atoms with van der Waals surface area (Å²) in [4.78, 5) is 4.29. The van der Waals surface area contributed by atoms with Gasteiger partial charge in [0.15, 0.2) is 0 Å². The van der Waals surface area contributed by atoms with Gasteiger partial charge in [-0.1, -0.05) is 11.8 Å². The second kappa shape index (κ2) is 5.20. The van der Waals surface area contributed by atoms with Crippen LogP contribution in [0.4, 0.5) is 0 Å². The molecule has 2 aromatic rings. The molecule has 0 radical (unpaired) electrons. The minimum absolute atomic E-state index is 0.00145. The molecular formula is C11H12BrN3OS. The third-order valence-corrected chi connectivity index (χ3v) is 3.97. The van der Waals surface area contributed by atoms with Gasteiger partial charge in [-0.05, 0) is 35.0 Å². The lowest BCUT2D eigenvalue weighted by atomic mass is 10.3. The summed E-state index contributed by atoms with van der Waals surface area (Å²) in [5, 5.41) is 15.4. The van der Waals surface area contributed by atoms with Crippen LogP contribution in [0.25, 0.3) is 0 Å². The Hall–Kier alpha value is -0.850. The summed E-state index contributed by atoms with van der Waals surface area (Å²) in [7, 11) is 1.87. The van der Waals surface area contributed by atoms with Gasteiger partial charge in [-0.15, -0.1) is 0 Å². The first-order valence-corrected chi connectivity index (χ1v) is 6.65. The summed E-state index contributed by atoms with van der Waals surface area (Å²) in [6.07, 6.45) is 1.75. The molecule has 0 atom stereocenters. The molecule has 2 heterocycles. The van der Waals surface area contributed by atoms with Gasteiger partial charge in [0.1, 0.15) is 10.1 Å². The van der Waals surface area contributed by atoms with Crippen LogP contribution in [0, 0.1) is 6.92 Å². The number of aliphatic hydroxyl groups is 1. The monoisotopic (exact) mass is 313 g/mol. The van der Waals surface area contributed by atoms with Crippen molar-refractivity contribution in [2.45, 2.75) is 23.6 Å². The Morgan fingerprint density at radius 1 is 1.47 bits per heavy atom. The van der Waals surface area contributed by atoms with Crippen LogP contribution in [-0.4, -0.2) is 19.9 Å². The zero-order valence-electron chi connectivity index (χ0n) is 9.51. The zero-order valence-corrected chi connectivity index (χ0v) is 11.9. The zero-order chi connectivity index (χ0) is 12.4. The van der Waals surface area contributed by atoms with Gasteiger partial charge in [0.2, 0.25) is 0 Å². The van der Waals surface area contributed by atoms with E-state index < -0.39 is 0 Å². The molecular weight excluding hydrogens is 302 g/mol. The van der Waals surface area contributed by atoms with Gasteiger partial charge in [0.25, 0.3) is 0 Å². The minimum Gasteiger partial charge on any atom is -0.392 e. The number of hydrogen-bond acceptors (Lipinski definition) is 4. The Kier molecular flexibility index (Phi) is 3.86. The summed E-state index contributed by atoms with van der Waals surface area (Å²) in [5.74, 6) is 0. The van der Waals surface area contributed by atoms with Crippen molar-refractivity contribution < 1.29 is 5.11 Å². The van der Waals surface area contributed by atoms with Crippen LogP contribution in [0.2, 0.25) is 0 Å². The van der Waals surface area contributed by atoms with Gasteiger partial charge in [-0.25, -0.2) is 4.98 Å². The van der Waals surface area contributed by atoms with Crippen molar-refractivity contribution in [3.05, 3.63) is 34.1 Å². The number of aromatic nitrogens is 3. The Labute approximate surface area is 112 Å². The fourth-order valence-electron chi connectivity index (χ4n) is 1.51. The summed E-state index contributed by atoms with van der Waals surface area (Å²) in [5.41, 5.74) is 1.72.